The lowest BCUT2D eigenvalue weighted by atomic mass is 10.2. The number of alkyl halides is 3. The maximum absolute atomic E-state index is 12.9. The van der Waals surface area contributed by atoms with Crippen LogP contribution in [0.2, 0.25) is 0 Å². The van der Waals surface area contributed by atoms with Gasteiger partial charge in [0.15, 0.2) is 11.7 Å². The van der Waals surface area contributed by atoms with E-state index in [-0.39, 0.29) is 36.1 Å². The molecule has 0 saturated carbocycles. The van der Waals surface area contributed by atoms with Crippen LogP contribution in [0, 0.1) is 5.92 Å². The first-order chi connectivity index (χ1) is 11.7. The molecule has 1 rings (SSSR count). The Morgan fingerprint density at radius 3 is 2.62 bits per heavy atom. The molecule has 0 spiro atoms. The van der Waals surface area contributed by atoms with Gasteiger partial charge in [-0.2, -0.15) is 18.3 Å². The van der Waals surface area contributed by atoms with Gasteiger partial charge in [0.05, 0.1) is 6.54 Å². The summed E-state index contributed by atoms with van der Waals surface area (Å²) in [6.45, 7) is 8.57. The fraction of sp³-hybridized carbons (Fsp3) is 0.750. The van der Waals surface area contributed by atoms with E-state index in [0.29, 0.717) is 31.6 Å². The highest BCUT2D eigenvalue weighted by molar-refractivity contribution is 14.0. The van der Waals surface area contributed by atoms with Crippen molar-refractivity contribution >= 4 is 29.9 Å². The van der Waals surface area contributed by atoms with E-state index in [1.165, 1.54) is 13.2 Å². The molecule has 26 heavy (non-hydrogen) atoms. The number of ether oxygens (including phenoxy) is 1. The topological polar surface area (TPSA) is 63.5 Å². The van der Waals surface area contributed by atoms with E-state index >= 15 is 0 Å². The molecule has 10 heteroatoms. The summed E-state index contributed by atoms with van der Waals surface area (Å²) in [5.74, 6) is 0.970. The van der Waals surface area contributed by atoms with Gasteiger partial charge in [-0.3, -0.25) is 4.68 Å². The van der Waals surface area contributed by atoms with Crippen molar-refractivity contribution in [2.75, 3.05) is 26.3 Å². The lowest BCUT2D eigenvalue weighted by Crippen LogP contribution is -2.38. The smallest absolute Gasteiger partial charge is 0.381 e. The number of aromatic nitrogens is 2. The molecule has 6 nitrogen and oxygen atoms in total. The van der Waals surface area contributed by atoms with Crippen molar-refractivity contribution in [2.45, 2.75) is 39.9 Å². The summed E-state index contributed by atoms with van der Waals surface area (Å²) in [7, 11) is 1.46. The van der Waals surface area contributed by atoms with Crippen molar-refractivity contribution in [1.82, 2.24) is 20.4 Å². The van der Waals surface area contributed by atoms with Crippen molar-refractivity contribution < 1.29 is 17.9 Å². The molecule has 1 heterocycles. The molecule has 0 unspecified atom stereocenters. The van der Waals surface area contributed by atoms with Gasteiger partial charge in [-0.1, -0.05) is 13.8 Å². The zero-order valence-corrected chi connectivity index (χ0v) is 18.0. The third-order valence-corrected chi connectivity index (χ3v) is 3.13. The number of rotatable bonds is 9. The Hall–Kier alpha value is -1.04. The van der Waals surface area contributed by atoms with Crippen molar-refractivity contribution in [3.8, 4) is 0 Å². The van der Waals surface area contributed by atoms with Gasteiger partial charge >= 0.3 is 6.18 Å². The molecular formula is C16H29F3IN5O. The average molecular weight is 491 g/mol. The molecule has 1 aromatic rings. The van der Waals surface area contributed by atoms with Crippen LogP contribution in [0.4, 0.5) is 13.2 Å². The zero-order chi connectivity index (χ0) is 18.9. The van der Waals surface area contributed by atoms with Gasteiger partial charge < -0.3 is 15.4 Å². The lowest BCUT2D eigenvalue weighted by molar-refractivity contribution is -0.142. The minimum Gasteiger partial charge on any atom is -0.381 e. The number of hydrogen-bond acceptors (Lipinski definition) is 3. The molecular weight excluding hydrogens is 462 g/mol. The molecule has 0 amide bonds. The number of nitrogens with zero attached hydrogens (tertiary/aromatic N) is 3. The molecule has 0 aliphatic rings. The van der Waals surface area contributed by atoms with Gasteiger partial charge in [-0.05, 0) is 19.3 Å². The van der Waals surface area contributed by atoms with E-state index in [9.17, 15) is 13.2 Å². The number of nitrogens with one attached hydrogen (secondary N) is 2. The number of guanidine groups is 1. The third kappa shape index (κ3) is 9.60. The average Bonchev–Trinajstić information content (AvgIpc) is 2.89. The number of halogens is 4. The number of hydrogen-bond donors (Lipinski definition) is 2. The van der Waals surface area contributed by atoms with Crippen molar-refractivity contribution in [1.29, 1.82) is 0 Å². The second-order valence-electron chi connectivity index (χ2n) is 6.12. The summed E-state index contributed by atoms with van der Waals surface area (Å²) in [5, 5.41) is 9.59. The normalized spacial score (nSPS) is 12.2. The van der Waals surface area contributed by atoms with E-state index in [0.717, 1.165) is 17.7 Å². The summed E-state index contributed by atoms with van der Waals surface area (Å²) in [6, 6.07) is 0. The minimum atomic E-state index is -4.48. The molecule has 0 fully saturated rings. The fourth-order valence-corrected chi connectivity index (χ4v) is 2.10. The predicted molar refractivity (Wildman–Crippen MR) is 107 cm³/mol. The van der Waals surface area contributed by atoms with Crippen LogP contribution in [0.25, 0.3) is 0 Å². The van der Waals surface area contributed by atoms with Crippen molar-refractivity contribution in [2.24, 2.45) is 18.0 Å². The van der Waals surface area contributed by atoms with Crippen LogP contribution in [0.3, 0.4) is 0 Å². The highest BCUT2D eigenvalue weighted by atomic mass is 127. The molecule has 0 aliphatic carbocycles. The monoisotopic (exact) mass is 491 g/mol. The molecule has 0 aliphatic heterocycles. The first-order valence-electron chi connectivity index (χ1n) is 8.43. The van der Waals surface area contributed by atoms with Crippen LogP contribution < -0.4 is 10.6 Å². The first-order valence-corrected chi connectivity index (χ1v) is 8.43. The van der Waals surface area contributed by atoms with Crippen LogP contribution >= 0.6 is 24.0 Å². The van der Waals surface area contributed by atoms with E-state index < -0.39 is 11.9 Å². The Kier molecular flexibility index (Phi) is 11.9. The Labute approximate surface area is 170 Å². The summed E-state index contributed by atoms with van der Waals surface area (Å²) in [5.41, 5.74) is -0.843. The van der Waals surface area contributed by atoms with E-state index in [2.05, 4.69) is 34.6 Å². The van der Waals surface area contributed by atoms with E-state index in [1.54, 1.807) is 0 Å². The maximum atomic E-state index is 12.9. The predicted octanol–water partition coefficient (Wildman–Crippen LogP) is 3.17. The largest absolute Gasteiger partial charge is 0.435 e. The Morgan fingerprint density at radius 1 is 1.35 bits per heavy atom. The summed E-state index contributed by atoms with van der Waals surface area (Å²) in [6.07, 6.45) is -2.35. The van der Waals surface area contributed by atoms with Gasteiger partial charge in [-0.15, -0.1) is 24.0 Å². The van der Waals surface area contributed by atoms with Crippen LogP contribution in [0.5, 0.6) is 0 Å². The SMILES string of the molecule is CCNC(=NCc1cn(C)nc1C(F)(F)F)NCCCOCC(C)C.I. The Balaban J connectivity index is 0.00000625. The van der Waals surface area contributed by atoms with Crippen molar-refractivity contribution in [3.05, 3.63) is 17.5 Å². The third-order valence-electron chi connectivity index (χ3n) is 3.13. The van der Waals surface area contributed by atoms with Crippen LogP contribution in [0.1, 0.15) is 38.4 Å². The van der Waals surface area contributed by atoms with Gasteiger partial charge in [0.1, 0.15) is 0 Å². The molecule has 0 bridgehead atoms. The Bertz CT molecular complexity index is 546. The Morgan fingerprint density at radius 2 is 2.04 bits per heavy atom. The molecule has 152 valence electrons. The van der Waals surface area contributed by atoms with Gasteiger partial charge in [0.25, 0.3) is 0 Å². The standard InChI is InChI=1S/C16H28F3N5O.HI/c1-5-20-15(21-7-6-8-25-11-12(2)3)22-9-13-10-24(4)23-14(13)16(17,18)19;/h10,12H,5-9,11H2,1-4H3,(H2,20,21,22);1H. The maximum Gasteiger partial charge on any atom is 0.435 e. The van der Waals surface area contributed by atoms with E-state index in [4.69, 9.17) is 4.74 Å². The van der Waals surface area contributed by atoms with E-state index in [1.807, 2.05) is 6.92 Å². The molecule has 0 radical (unpaired) electrons. The summed E-state index contributed by atoms with van der Waals surface area (Å²) >= 11 is 0. The van der Waals surface area contributed by atoms with Crippen LogP contribution in [0.15, 0.2) is 11.2 Å². The highest BCUT2D eigenvalue weighted by Gasteiger charge is 2.36. The molecule has 0 saturated heterocycles. The quantitative estimate of drug-likeness (QED) is 0.241. The van der Waals surface area contributed by atoms with Gasteiger partial charge in [0, 0.05) is 45.1 Å². The van der Waals surface area contributed by atoms with Gasteiger partial charge in [0.2, 0.25) is 0 Å². The number of aryl methyl sites for hydroxylation is 1. The molecule has 2 N–H and O–H groups in total. The van der Waals surface area contributed by atoms with Crippen molar-refractivity contribution in [3.63, 3.8) is 0 Å². The highest BCUT2D eigenvalue weighted by Crippen LogP contribution is 2.30. The lowest BCUT2D eigenvalue weighted by Gasteiger charge is -2.12. The summed E-state index contributed by atoms with van der Waals surface area (Å²) in [4.78, 5) is 4.22. The summed E-state index contributed by atoms with van der Waals surface area (Å²) < 4.78 is 45.5. The van der Waals surface area contributed by atoms with Crippen LogP contribution in [-0.2, 0) is 24.5 Å². The van der Waals surface area contributed by atoms with Gasteiger partial charge in [-0.25, -0.2) is 4.99 Å². The second-order valence-corrected chi connectivity index (χ2v) is 6.12. The first kappa shape index (κ1) is 25.0. The zero-order valence-electron chi connectivity index (χ0n) is 15.7. The molecule has 0 atom stereocenters. The second kappa shape index (κ2) is 12.4. The fourth-order valence-electron chi connectivity index (χ4n) is 2.10. The number of aliphatic imine (C=N–C) groups is 1. The molecule has 1 aromatic heterocycles. The molecule has 0 aromatic carbocycles. The van der Waals surface area contributed by atoms with Crippen LogP contribution in [-0.4, -0.2) is 42.0 Å². The minimum absolute atomic E-state index is 0.